The van der Waals surface area contributed by atoms with Gasteiger partial charge in [0, 0.05) is 0 Å². The molecule has 0 bridgehead atoms. The van der Waals surface area contributed by atoms with E-state index in [1.165, 1.54) is 11.1 Å². The van der Waals surface area contributed by atoms with E-state index in [1.54, 1.807) is 6.92 Å². The molecule has 2 aromatic carbocycles. The standard InChI is InChI=1S/C15H16O/c1-12(16)15-9-7-14(8-10-15)11-13-5-3-2-4-6-13/h2-10,12,16H,11H2,1H3. The van der Waals surface area contributed by atoms with E-state index in [-0.39, 0.29) is 6.10 Å². The number of hydrogen-bond donors (Lipinski definition) is 1. The summed E-state index contributed by atoms with van der Waals surface area (Å²) in [4.78, 5) is 0. The summed E-state index contributed by atoms with van der Waals surface area (Å²) in [6.45, 7) is 1.78. The zero-order chi connectivity index (χ0) is 11.4. The van der Waals surface area contributed by atoms with Crippen molar-refractivity contribution in [1.29, 1.82) is 0 Å². The van der Waals surface area contributed by atoms with E-state index in [4.69, 9.17) is 0 Å². The minimum absolute atomic E-state index is 0.384. The molecule has 1 heteroatoms. The fourth-order valence-electron chi connectivity index (χ4n) is 1.75. The van der Waals surface area contributed by atoms with Crippen LogP contribution in [0.3, 0.4) is 0 Å². The molecule has 0 saturated carbocycles. The van der Waals surface area contributed by atoms with E-state index >= 15 is 0 Å². The number of benzene rings is 2. The van der Waals surface area contributed by atoms with Crippen LogP contribution in [0.1, 0.15) is 29.7 Å². The summed E-state index contributed by atoms with van der Waals surface area (Å²) >= 11 is 0. The highest BCUT2D eigenvalue weighted by molar-refractivity contribution is 5.29. The first-order valence-electron chi connectivity index (χ1n) is 5.56. The average Bonchev–Trinajstić information content (AvgIpc) is 2.31. The fraction of sp³-hybridized carbons (Fsp3) is 0.200. The number of rotatable bonds is 3. The highest BCUT2D eigenvalue weighted by Crippen LogP contribution is 2.15. The van der Waals surface area contributed by atoms with Gasteiger partial charge in [-0.15, -0.1) is 0 Å². The quantitative estimate of drug-likeness (QED) is 0.827. The van der Waals surface area contributed by atoms with E-state index < -0.39 is 0 Å². The highest BCUT2D eigenvalue weighted by atomic mass is 16.3. The Bertz CT molecular complexity index is 429. The molecule has 1 N–H and O–H groups in total. The van der Waals surface area contributed by atoms with E-state index in [0.717, 1.165) is 12.0 Å². The van der Waals surface area contributed by atoms with E-state index in [0.29, 0.717) is 0 Å². The first-order valence-corrected chi connectivity index (χ1v) is 5.56. The molecule has 0 aliphatic heterocycles. The summed E-state index contributed by atoms with van der Waals surface area (Å²) in [5.41, 5.74) is 3.56. The summed E-state index contributed by atoms with van der Waals surface area (Å²) in [5, 5.41) is 9.40. The largest absolute Gasteiger partial charge is 0.389 e. The Kier molecular flexibility index (Phi) is 3.37. The summed E-state index contributed by atoms with van der Waals surface area (Å²) in [7, 11) is 0. The third-order valence-corrected chi connectivity index (χ3v) is 2.71. The minimum Gasteiger partial charge on any atom is -0.389 e. The van der Waals surface area contributed by atoms with Gasteiger partial charge in [0.1, 0.15) is 0 Å². The molecule has 82 valence electrons. The van der Waals surface area contributed by atoms with Gasteiger partial charge in [-0.3, -0.25) is 0 Å². The van der Waals surface area contributed by atoms with E-state index in [9.17, 15) is 5.11 Å². The van der Waals surface area contributed by atoms with Gasteiger partial charge in [0.2, 0.25) is 0 Å². The van der Waals surface area contributed by atoms with E-state index in [2.05, 4.69) is 36.4 Å². The zero-order valence-corrected chi connectivity index (χ0v) is 9.43. The second-order valence-corrected chi connectivity index (χ2v) is 4.08. The van der Waals surface area contributed by atoms with Crippen molar-refractivity contribution in [1.82, 2.24) is 0 Å². The van der Waals surface area contributed by atoms with Crippen LogP contribution in [0.15, 0.2) is 54.6 Å². The fourth-order valence-corrected chi connectivity index (χ4v) is 1.75. The van der Waals surface area contributed by atoms with Gasteiger partial charge in [-0.25, -0.2) is 0 Å². The van der Waals surface area contributed by atoms with Crippen LogP contribution in [0.25, 0.3) is 0 Å². The lowest BCUT2D eigenvalue weighted by molar-refractivity contribution is 0.199. The lowest BCUT2D eigenvalue weighted by Crippen LogP contribution is -1.92. The van der Waals surface area contributed by atoms with Gasteiger partial charge >= 0.3 is 0 Å². The van der Waals surface area contributed by atoms with Crippen molar-refractivity contribution in [2.45, 2.75) is 19.4 Å². The molecule has 16 heavy (non-hydrogen) atoms. The van der Waals surface area contributed by atoms with Gasteiger partial charge in [-0.2, -0.15) is 0 Å². The third kappa shape index (κ3) is 2.71. The Morgan fingerprint density at radius 2 is 1.44 bits per heavy atom. The topological polar surface area (TPSA) is 20.2 Å². The Balaban J connectivity index is 2.11. The molecule has 1 nitrogen and oxygen atoms in total. The summed E-state index contributed by atoms with van der Waals surface area (Å²) in [5.74, 6) is 0. The Morgan fingerprint density at radius 1 is 0.875 bits per heavy atom. The number of aliphatic hydroxyl groups is 1. The lowest BCUT2D eigenvalue weighted by Gasteiger charge is -2.06. The molecule has 0 heterocycles. The first-order chi connectivity index (χ1) is 7.75. The van der Waals surface area contributed by atoms with Gasteiger partial charge in [0.15, 0.2) is 0 Å². The lowest BCUT2D eigenvalue weighted by atomic mass is 10.0. The maximum absolute atomic E-state index is 9.40. The molecule has 0 fully saturated rings. The van der Waals surface area contributed by atoms with Crippen LogP contribution in [-0.2, 0) is 6.42 Å². The van der Waals surface area contributed by atoms with Crippen LogP contribution >= 0.6 is 0 Å². The van der Waals surface area contributed by atoms with Gasteiger partial charge in [0.05, 0.1) is 6.10 Å². The van der Waals surface area contributed by atoms with Crippen molar-refractivity contribution in [2.75, 3.05) is 0 Å². The third-order valence-electron chi connectivity index (χ3n) is 2.71. The molecule has 0 aliphatic carbocycles. The smallest absolute Gasteiger partial charge is 0.0761 e. The van der Waals surface area contributed by atoms with Crippen molar-refractivity contribution in [3.8, 4) is 0 Å². The van der Waals surface area contributed by atoms with Crippen LogP contribution in [-0.4, -0.2) is 5.11 Å². The second kappa shape index (κ2) is 4.95. The van der Waals surface area contributed by atoms with Crippen LogP contribution in [0.5, 0.6) is 0 Å². The Morgan fingerprint density at radius 3 is 2.00 bits per heavy atom. The van der Waals surface area contributed by atoms with Crippen LogP contribution in [0.2, 0.25) is 0 Å². The van der Waals surface area contributed by atoms with Crippen molar-refractivity contribution in [2.24, 2.45) is 0 Å². The van der Waals surface area contributed by atoms with Gasteiger partial charge < -0.3 is 5.11 Å². The van der Waals surface area contributed by atoms with Crippen molar-refractivity contribution >= 4 is 0 Å². The minimum atomic E-state index is -0.384. The molecule has 0 aromatic heterocycles. The van der Waals surface area contributed by atoms with Crippen molar-refractivity contribution in [3.05, 3.63) is 71.3 Å². The predicted molar refractivity (Wildman–Crippen MR) is 66.3 cm³/mol. The Labute approximate surface area is 96.4 Å². The molecule has 0 amide bonds. The molecule has 1 unspecified atom stereocenters. The summed E-state index contributed by atoms with van der Waals surface area (Å²) < 4.78 is 0. The molecular weight excluding hydrogens is 196 g/mol. The summed E-state index contributed by atoms with van der Waals surface area (Å²) in [6, 6.07) is 18.5. The molecule has 2 aromatic rings. The van der Waals surface area contributed by atoms with Gasteiger partial charge in [-0.05, 0) is 30.0 Å². The molecular formula is C15H16O. The van der Waals surface area contributed by atoms with Crippen LogP contribution in [0, 0.1) is 0 Å². The molecule has 0 saturated heterocycles. The van der Waals surface area contributed by atoms with Gasteiger partial charge in [-0.1, -0.05) is 54.6 Å². The van der Waals surface area contributed by atoms with E-state index in [1.807, 2.05) is 18.2 Å². The molecule has 1 atom stereocenters. The Hall–Kier alpha value is -1.60. The second-order valence-electron chi connectivity index (χ2n) is 4.08. The van der Waals surface area contributed by atoms with Crippen molar-refractivity contribution < 1.29 is 5.11 Å². The van der Waals surface area contributed by atoms with Crippen molar-refractivity contribution in [3.63, 3.8) is 0 Å². The zero-order valence-electron chi connectivity index (χ0n) is 9.43. The predicted octanol–water partition coefficient (Wildman–Crippen LogP) is 3.33. The average molecular weight is 212 g/mol. The maximum Gasteiger partial charge on any atom is 0.0761 e. The monoisotopic (exact) mass is 212 g/mol. The molecule has 2 rings (SSSR count). The molecule has 0 aliphatic rings. The first kappa shape index (κ1) is 10.9. The molecule has 0 radical (unpaired) electrons. The van der Waals surface area contributed by atoms with Gasteiger partial charge in [0.25, 0.3) is 0 Å². The SMILES string of the molecule is CC(O)c1ccc(Cc2ccccc2)cc1. The normalized spacial score (nSPS) is 12.4. The van der Waals surface area contributed by atoms with Crippen LogP contribution in [0.4, 0.5) is 0 Å². The maximum atomic E-state index is 9.40. The molecule has 0 spiro atoms. The number of hydrogen-bond acceptors (Lipinski definition) is 1. The van der Waals surface area contributed by atoms with Crippen LogP contribution < -0.4 is 0 Å². The highest BCUT2D eigenvalue weighted by Gasteiger charge is 2.00. The summed E-state index contributed by atoms with van der Waals surface area (Å²) in [6.07, 6.45) is 0.562. The number of aliphatic hydroxyl groups excluding tert-OH is 1.